The van der Waals surface area contributed by atoms with Gasteiger partial charge in [-0.3, -0.25) is 0 Å². The highest BCUT2D eigenvalue weighted by Gasteiger charge is 2.11. The van der Waals surface area contributed by atoms with E-state index in [9.17, 15) is 5.11 Å². The Bertz CT molecular complexity index is 536. The maximum Gasteiger partial charge on any atom is 0.134 e. The monoisotopic (exact) mass is 325 g/mol. The Morgan fingerprint density at radius 3 is 2.84 bits per heavy atom. The summed E-state index contributed by atoms with van der Waals surface area (Å²) >= 11 is 3.46. The fraction of sp³-hybridized carbons (Fsp3) is 0.467. The highest BCUT2D eigenvalue weighted by molar-refractivity contribution is 9.10. The second-order valence-electron chi connectivity index (χ2n) is 5.00. The molecular formula is C15H20BrNO2. The number of aliphatic hydroxyl groups excluding tert-OH is 1. The topological polar surface area (TPSA) is 45.4 Å². The maximum atomic E-state index is 9.21. The highest BCUT2D eigenvalue weighted by atomic mass is 79.9. The van der Waals surface area contributed by atoms with Crippen molar-refractivity contribution in [2.75, 3.05) is 6.54 Å². The Kier molecular flexibility index (Phi) is 5.02. The second kappa shape index (κ2) is 6.55. The van der Waals surface area contributed by atoms with Gasteiger partial charge in [0.25, 0.3) is 0 Å². The van der Waals surface area contributed by atoms with E-state index in [4.69, 9.17) is 4.42 Å². The molecule has 104 valence electrons. The van der Waals surface area contributed by atoms with Crippen LogP contribution in [0.4, 0.5) is 0 Å². The van der Waals surface area contributed by atoms with Crippen LogP contribution in [-0.2, 0) is 0 Å². The van der Waals surface area contributed by atoms with Gasteiger partial charge < -0.3 is 14.8 Å². The van der Waals surface area contributed by atoms with Gasteiger partial charge >= 0.3 is 0 Å². The number of halogens is 1. The zero-order chi connectivity index (χ0) is 13.8. The van der Waals surface area contributed by atoms with Gasteiger partial charge in [0.05, 0.1) is 12.1 Å². The predicted octanol–water partition coefficient (Wildman–Crippen LogP) is 4.01. The summed E-state index contributed by atoms with van der Waals surface area (Å²) < 4.78 is 6.89. The van der Waals surface area contributed by atoms with Crippen LogP contribution in [0.2, 0.25) is 0 Å². The Labute approximate surface area is 122 Å². The summed E-state index contributed by atoms with van der Waals surface area (Å²) in [6.45, 7) is 4.79. The molecule has 0 aliphatic heterocycles. The van der Waals surface area contributed by atoms with Gasteiger partial charge in [-0.05, 0) is 57.5 Å². The normalized spacial score (nSPS) is 14.7. The molecule has 2 unspecified atom stereocenters. The molecule has 0 aliphatic rings. The minimum atomic E-state index is -0.222. The third-order valence-electron chi connectivity index (χ3n) is 3.17. The third-order valence-corrected chi connectivity index (χ3v) is 3.67. The van der Waals surface area contributed by atoms with E-state index in [2.05, 4.69) is 40.3 Å². The summed E-state index contributed by atoms with van der Waals surface area (Å²) in [5, 5.41) is 13.7. The van der Waals surface area contributed by atoms with Crippen molar-refractivity contribution in [1.29, 1.82) is 0 Å². The van der Waals surface area contributed by atoms with Crippen LogP contribution in [0.5, 0.6) is 0 Å². The molecule has 0 bridgehead atoms. The van der Waals surface area contributed by atoms with Crippen molar-refractivity contribution in [3.05, 3.63) is 34.5 Å². The number of nitrogens with one attached hydrogen (secondary N) is 1. The van der Waals surface area contributed by atoms with Crippen molar-refractivity contribution in [2.24, 2.45) is 0 Å². The molecule has 4 heteroatoms. The van der Waals surface area contributed by atoms with Crippen molar-refractivity contribution < 1.29 is 9.52 Å². The van der Waals surface area contributed by atoms with E-state index >= 15 is 0 Å². The van der Waals surface area contributed by atoms with Crippen LogP contribution in [0.15, 0.2) is 33.2 Å². The standard InChI is InChI=1S/C15H20BrNO2/c1-10(18)4-3-7-17-11(2)15-9-12-8-13(16)5-6-14(12)19-15/h5-6,8-11,17-18H,3-4,7H2,1-2H3. The van der Waals surface area contributed by atoms with E-state index in [1.807, 2.05) is 19.1 Å². The van der Waals surface area contributed by atoms with Crippen LogP contribution in [0.3, 0.4) is 0 Å². The van der Waals surface area contributed by atoms with E-state index in [1.54, 1.807) is 0 Å². The van der Waals surface area contributed by atoms with E-state index < -0.39 is 0 Å². The largest absolute Gasteiger partial charge is 0.459 e. The van der Waals surface area contributed by atoms with Crippen LogP contribution < -0.4 is 5.32 Å². The van der Waals surface area contributed by atoms with Gasteiger partial charge in [0.2, 0.25) is 0 Å². The number of furan rings is 1. The number of rotatable bonds is 6. The fourth-order valence-electron chi connectivity index (χ4n) is 2.06. The van der Waals surface area contributed by atoms with Gasteiger partial charge in [0.1, 0.15) is 11.3 Å². The molecule has 0 saturated heterocycles. The Morgan fingerprint density at radius 2 is 2.11 bits per heavy atom. The zero-order valence-corrected chi connectivity index (χ0v) is 12.9. The first-order chi connectivity index (χ1) is 9.06. The van der Waals surface area contributed by atoms with Crippen molar-refractivity contribution in [1.82, 2.24) is 5.32 Å². The first-order valence-corrected chi connectivity index (χ1v) is 7.46. The summed E-state index contributed by atoms with van der Waals surface area (Å²) in [5.74, 6) is 0.949. The van der Waals surface area contributed by atoms with Gasteiger partial charge in [-0.1, -0.05) is 15.9 Å². The van der Waals surface area contributed by atoms with Crippen LogP contribution in [-0.4, -0.2) is 17.8 Å². The molecule has 0 aliphatic carbocycles. The number of hydrogen-bond acceptors (Lipinski definition) is 3. The molecule has 2 rings (SSSR count). The molecule has 0 spiro atoms. The van der Waals surface area contributed by atoms with E-state index in [1.165, 1.54) is 0 Å². The fourth-order valence-corrected chi connectivity index (χ4v) is 2.44. The van der Waals surface area contributed by atoms with Crippen molar-refractivity contribution in [3.8, 4) is 0 Å². The molecule has 0 fully saturated rings. The van der Waals surface area contributed by atoms with Gasteiger partial charge in [-0.2, -0.15) is 0 Å². The minimum absolute atomic E-state index is 0.181. The number of aliphatic hydroxyl groups is 1. The predicted molar refractivity (Wildman–Crippen MR) is 81.2 cm³/mol. The molecule has 2 N–H and O–H groups in total. The first kappa shape index (κ1) is 14.6. The average Bonchev–Trinajstić information content (AvgIpc) is 2.77. The molecule has 2 aromatic rings. The number of hydrogen-bond donors (Lipinski definition) is 2. The molecule has 2 atom stereocenters. The van der Waals surface area contributed by atoms with Gasteiger partial charge in [0.15, 0.2) is 0 Å². The van der Waals surface area contributed by atoms with Crippen molar-refractivity contribution in [3.63, 3.8) is 0 Å². The Hall–Kier alpha value is -0.840. The molecule has 0 radical (unpaired) electrons. The summed E-state index contributed by atoms with van der Waals surface area (Å²) in [4.78, 5) is 0. The number of fused-ring (bicyclic) bond motifs is 1. The lowest BCUT2D eigenvalue weighted by Crippen LogP contribution is -2.20. The van der Waals surface area contributed by atoms with E-state index in [0.29, 0.717) is 0 Å². The van der Waals surface area contributed by atoms with Gasteiger partial charge in [-0.15, -0.1) is 0 Å². The minimum Gasteiger partial charge on any atom is -0.459 e. The lowest BCUT2D eigenvalue weighted by atomic mass is 10.2. The zero-order valence-electron chi connectivity index (χ0n) is 11.3. The van der Waals surface area contributed by atoms with Crippen molar-refractivity contribution in [2.45, 2.75) is 38.8 Å². The molecule has 1 aromatic carbocycles. The van der Waals surface area contributed by atoms with Gasteiger partial charge in [0, 0.05) is 9.86 Å². The molecule has 19 heavy (non-hydrogen) atoms. The SMILES string of the molecule is CC(O)CCCNC(C)c1cc2cc(Br)ccc2o1. The molecule has 0 amide bonds. The van der Waals surface area contributed by atoms with Gasteiger partial charge in [-0.25, -0.2) is 0 Å². The summed E-state index contributed by atoms with van der Waals surface area (Å²) in [6.07, 6.45) is 1.57. The van der Waals surface area contributed by atoms with Crippen molar-refractivity contribution >= 4 is 26.9 Å². The average molecular weight is 326 g/mol. The molecule has 0 saturated carbocycles. The van der Waals surface area contributed by atoms with E-state index in [0.717, 1.165) is 40.6 Å². The molecule has 1 aromatic heterocycles. The molecular weight excluding hydrogens is 306 g/mol. The quantitative estimate of drug-likeness (QED) is 0.789. The van der Waals surface area contributed by atoms with E-state index in [-0.39, 0.29) is 12.1 Å². The summed E-state index contributed by atoms with van der Waals surface area (Å²) in [7, 11) is 0. The smallest absolute Gasteiger partial charge is 0.134 e. The summed E-state index contributed by atoms with van der Waals surface area (Å²) in [5.41, 5.74) is 0.913. The second-order valence-corrected chi connectivity index (χ2v) is 5.91. The van der Waals surface area contributed by atoms with Crippen LogP contribution >= 0.6 is 15.9 Å². The van der Waals surface area contributed by atoms with Crippen LogP contribution in [0, 0.1) is 0 Å². The molecule has 1 heterocycles. The lowest BCUT2D eigenvalue weighted by Gasteiger charge is -2.11. The Balaban J connectivity index is 1.95. The maximum absolute atomic E-state index is 9.21. The Morgan fingerprint density at radius 1 is 1.32 bits per heavy atom. The van der Waals surface area contributed by atoms with Crippen LogP contribution in [0.1, 0.15) is 38.5 Å². The number of benzene rings is 1. The summed E-state index contributed by atoms with van der Waals surface area (Å²) in [6, 6.07) is 8.27. The lowest BCUT2D eigenvalue weighted by molar-refractivity contribution is 0.181. The highest BCUT2D eigenvalue weighted by Crippen LogP contribution is 2.26. The molecule has 3 nitrogen and oxygen atoms in total. The third kappa shape index (κ3) is 4.06. The first-order valence-electron chi connectivity index (χ1n) is 6.66. The van der Waals surface area contributed by atoms with Crippen LogP contribution in [0.25, 0.3) is 11.0 Å².